The van der Waals surface area contributed by atoms with Crippen LogP contribution in [0.4, 0.5) is 0 Å². The lowest BCUT2D eigenvalue weighted by Crippen LogP contribution is -2.30. The number of carbonyl (C=O) groups is 2. The van der Waals surface area contributed by atoms with Crippen LogP contribution in [0.1, 0.15) is 226 Å². The molecule has 0 rings (SSSR count). The normalized spacial score (nSPS) is 12.3. The van der Waals surface area contributed by atoms with E-state index < -0.39 is 6.10 Å². The van der Waals surface area contributed by atoms with E-state index in [2.05, 4.69) is 45.1 Å². The minimum atomic E-state index is -0.525. The molecule has 0 fully saturated rings. The van der Waals surface area contributed by atoms with Gasteiger partial charge in [0.2, 0.25) is 0 Å². The van der Waals surface area contributed by atoms with E-state index in [9.17, 15) is 9.59 Å². The summed E-state index contributed by atoms with van der Waals surface area (Å²) in [7, 11) is 0. The Morgan fingerprint density at radius 2 is 0.840 bits per heavy atom. The predicted molar refractivity (Wildman–Crippen MR) is 215 cm³/mol. The molecule has 0 saturated heterocycles. The Morgan fingerprint density at radius 3 is 1.36 bits per heavy atom. The lowest BCUT2D eigenvalue weighted by atomic mass is 10.1. The maximum atomic E-state index is 12.6. The fraction of sp³-hybridized carbons (Fsp3) is 0.867. The van der Waals surface area contributed by atoms with Crippen molar-refractivity contribution >= 4 is 11.9 Å². The summed E-state index contributed by atoms with van der Waals surface area (Å²) in [6, 6.07) is 0. The molecule has 0 aliphatic carbocycles. The molecule has 0 radical (unpaired) electrons. The second-order valence-corrected chi connectivity index (χ2v) is 14.6. The second-order valence-electron chi connectivity index (χ2n) is 14.6. The molecule has 294 valence electrons. The molecule has 1 atom stereocenters. The van der Waals surface area contributed by atoms with Crippen LogP contribution in [-0.4, -0.2) is 37.9 Å². The van der Waals surface area contributed by atoms with Gasteiger partial charge in [0, 0.05) is 19.4 Å². The number of hydrogen-bond donors (Lipinski definition) is 0. The van der Waals surface area contributed by atoms with E-state index in [0.29, 0.717) is 26.1 Å². The van der Waals surface area contributed by atoms with Crippen LogP contribution in [0.15, 0.2) is 24.3 Å². The Morgan fingerprint density at radius 1 is 0.440 bits per heavy atom. The van der Waals surface area contributed by atoms with Crippen LogP contribution >= 0.6 is 0 Å². The number of ether oxygens (including phenoxy) is 3. The van der Waals surface area contributed by atoms with Crippen molar-refractivity contribution in [2.45, 2.75) is 232 Å². The lowest BCUT2D eigenvalue weighted by molar-refractivity contribution is -0.163. The van der Waals surface area contributed by atoms with Crippen LogP contribution in [0, 0.1) is 0 Å². The molecule has 5 heteroatoms. The third kappa shape index (κ3) is 39.2. The van der Waals surface area contributed by atoms with Gasteiger partial charge in [-0.05, 0) is 51.4 Å². The molecular weight excluding hydrogens is 620 g/mol. The van der Waals surface area contributed by atoms with E-state index in [1.54, 1.807) is 0 Å². The summed E-state index contributed by atoms with van der Waals surface area (Å²) >= 11 is 0. The number of allylic oxidation sites excluding steroid dienone is 4. The molecule has 5 nitrogen and oxygen atoms in total. The Kier molecular flexibility index (Phi) is 40.4. The van der Waals surface area contributed by atoms with Crippen LogP contribution in [-0.2, 0) is 23.8 Å². The Balaban J connectivity index is 4.04. The van der Waals surface area contributed by atoms with Gasteiger partial charge in [-0.2, -0.15) is 0 Å². The quantitative estimate of drug-likeness (QED) is 0.0361. The van der Waals surface area contributed by atoms with Crippen molar-refractivity contribution in [3.63, 3.8) is 0 Å². The van der Waals surface area contributed by atoms with Crippen molar-refractivity contribution in [2.75, 3.05) is 19.8 Å². The zero-order valence-corrected chi connectivity index (χ0v) is 33.7. The summed E-state index contributed by atoms with van der Waals surface area (Å²) in [6.45, 7) is 7.76. The molecule has 0 aromatic carbocycles. The molecular formula is C45H84O5. The standard InChI is InChI=1S/C45H84O5/c1-4-7-10-13-16-18-19-20-21-22-23-24-25-26-27-28-30-32-35-38-44(46)49-42-43(41-48-40-37-34-31-17-14-11-8-5-2)50-45(47)39-36-33-29-15-12-9-6-3/h16,18,20-21,43H,4-15,17,19,22-42H2,1-3H3/b18-16-,21-20-. The van der Waals surface area contributed by atoms with Crippen LogP contribution in [0.5, 0.6) is 0 Å². The number of unbranched alkanes of at least 4 members (excludes halogenated alkanes) is 25. The van der Waals surface area contributed by atoms with E-state index in [0.717, 1.165) is 38.5 Å². The first-order valence-electron chi connectivity index (χ1n) is 21.9. The zero-order chi connectivity index (χ0) is 36.4. The van der Waals surface area contributed by atoms with Gasteiger partial charge in [0.15, 0.2) is 6.10 Å². The topological polar surface area (TPSA) is 61.8 Å². The third-order valence-corrected chi connectivity index (χ3v) is 9.49. The first-order valence-corrected chi connectivity index (χ1v) is 21.9. The van der Waals surface area contributed by atoms with Crippen molar-refractivity contribution in [3.05, 3.63) is 24.3 Å². The molecule has 1 unspecified atom stereocenters. The van der Waals surface area contributed by atoms with Crippen LogP contribution in [0.25, 0.3) is 0 Å². The summed E-state index contributed by atoms with van der Waals surface area (Å²) in [5.41, 5.74) is 0. The van der Waals surface area contributed by atoms with E-state index in [4.69, 9.17) is 14.2 Å². The van der Waals surface area contributed by atoms with Gasteiger partial charge in [-0.15, -0.1) is 0 Å². The summed E-state index contributed by atoms with van der Waals surface area (Å²) in [6.07, 6.45) is 46.1. The minimum Gasteiger partial charge on any atom is -0.462 e. The SMILES string of the molecule is CCCCC/C=C\C/C=C\CCCCCCCCCCCC(=O)OCC(COCCCCCCCCCC)OC(=O)CCCCCCCCC. The van der Waals surface area contributed by atoms with Crippen LogP contribution < -0.4 is 0 Å². The number of hydrogen-bond acceptors (Lipinski definition) is 5. The molecule has 0 saturated carbocycles. The zero-order valence-electron chi connectivity index (χ0n) is 33.7. The summed E-state index contributed by atoms with van der Waals surface area (Å²) < 4.78 is 17.2. The molecule has 50 heavy (non-hydrogen) atoms. The second kappa shape index (κ2) is 41.8. The molecule has 0 spiro atoms. The fourth-order valence-electron chi connectivity index (χ4n) is 6.19. The van der Waals surface area contributed by atoms with Crippen molar-refractivity contribution in [3.8, 4) is 0 Å². The van der Waals surface area contributed by atoms with Crippen LogP contribution in [0.3, 0.4) is 0 Å². The third-order valence-electron chi connectivity index (χ3n) is 9.49. The van der Waals surface area contributed by atoms with Crippen molar-refractivity contribution in [1.82, 2.24) is 0 Å². The maximum absolute atomic E-state index is 12.6. The van der Waals surface area contributed by atoms with Crippen LogP contribution in [0.2, 0.25) is 0 Å². The van der Waals surface area contributed by atoms with E-state index in [1.165, 1.54) is 154 Å². The highest BCUT2D eigenvalue weighted by atomic mass is 16.6. The molecule has 0 aliphatic heterocycles. The van der Waals surface area contributed by atoms with Gasteiger partial charge in [0.25, 0.3) is 0 Å². The van der Waals surface area contributed by atoms with E-state index in [1.807, 2.05) is 0 Å². The van der Waals surface area contributed by atoms with Crippen molar-refractivity contribution < 1.29 is 23.8 Å². The lowest BCUT2D eigenvalue weighted by Gasteiger charge is -2.18. The monoisotopic (exact) mass is 705 g/mol. The Bertz CT molecular complexity index is 761. The first kappa shape index (κ1) is 48.4. The van der Waals surface area contributed by atoms with E-state index in [-0.39, 0.29) is 18.5 Å². The van der Waals surface area contributed by atoms with E-state index >= 15 is 0 Å². The molecule has 0 aromatic rings. The average molecular weight is 705 g/mol. The van der Waals surface area contributed by atoms with Gasteiger partial charge < -0.3 is 14.2 Å². The first-order chi connectivity index (χ1) is 24.6. The highest BCUT2D eigenvalue weighted by molar-refractivity contribution is 5.70. The van der Waals surface area contributed by atoms with Gasteiger partial charge in [-0.25, -0.2) is 0 Å². The highest BCUT2D eigenvalue weighted by Gasteiger charge is 2.17. The fourth-order valence-corrected chi connectivity index (χ4v) is 6.19. The summed E-state index contributed by atoms with van der Waals surface area (Å²) in [4.78, 5) is 25.0. The van der Waals surface area contributed by atoms with Gasteiger partial charge in [0.05, 0.1) is 6.61 Å². The van der Waals surface area contributed by atoms with Crippen molar-refractivity contribution in [1.29, 1.82) is 0 Å². The largest absolute Gasteiger partial charge is 0.462 e. The van der Waals surface area contributed by atoms with Gasteiger partial charge >= 0.3 is 11.9 Å². The minimum absolute atomic E-state index is 0.0883. The van der Waals surface area contributed by atoms with Gasteiger partial charge in [-0.1, -0.05) is 186 Å². The molecule has 0 bridgehead atoms. The van der Waals surface area contributed by atoms with Gasteiger partial charge in [0.1, 0.15) is 6.61 Å². The molecule has 0 heterocycles. The molecule has 0 aliphatic rings. The maximum Gasteiger partial charge on any atom is 0.306 e. The predicted octanol–water partition coefficient (Wildman–Crippen LogP) is 14.1. The number of rotatable bonds is 40. The van der Waals surface area contributed by atoms with Crippen molar-refractivity contribution in [2.24, 2.45) is 0 Å². The number of esters is 2. The Labute approximate surface area is 311 Å². The molecule has 0 aromatic heterocycles. The van der Waals surface area contributed by atoms with Gasteiger partial charge in [-0.3, -0.25) is 9.59 Å². The molecule has 0 amide bonds. The summed E-state index contributed by atoms with van der Waals surface area (Å²) in [5.74, 6) is -0.401. The molecule has 0 N–H and O–H groups in total. The number of carbonyl (C=O) groups excluding carboxylic acids is 2. The average Bonchev–Trinajstić information content (AvgIpc) is 3.11. The summed E-state index contributed by atoms with van der Waals surface area (Å²) in [5, 5.41) is 0. The highest BCUT2D eigenvalue weighted by Crippen LogP contribution is 2.14. The smallest absolute Gasteiger partial charge is 0.306 e. The Hall–Kier alpha value is -1.62.